The third-order valence-corrected chi connectivity index (χ3v) is 3.62. The molecule has 5 heteroatoms. The van der Waals surface area contributed by atoms with Gasteiger partial charge in [-0.2, -0.15) is 13.2 Å². The highest BCUT2D eigenvalue weighted by Crippen LogP contribution is 2.37. The van der Waals surface area contributed by atoms with Crippen molar-refractivity contribution in [3.63, 3.8) is 0 Å². The van der Waals surface area contributed by atoms with Crippen molar-refractivity contribution in [2.45, 2.75) is 29.2 Å². The lowest BCUT2D eigenvalue weighted by Crippen LogP contribution is -2.28. The van der Waals surface area contributed by atoms with Gasteiger partial charge in [-0.1, -0.05) is 12.1 Å². The van der Waals surface area contributed by atoms with E-state index in [0.717, 1.165) is 31.5 Å². The Morgan fingerprint density at radius 3 is 2.41 bits per heavy atom. The molecular weight excluding hydrogens is 247 g/mol. The van der Waals surface area contributed by atoms with Gasteiger partial charge in [-0.3, -0.25) is 0 Å². The van der Waals surface area contributed by atoms with E-state index in [2.05, 4.69) is 5.32 Å². The van der Waals surface area contributed by atoms with Gasteiger partial charge in [0.2, 0.25) is 0 Å². The fraction of sp³-hybridized carbons (Fsp3) is 0.500. The van der Waals surface area contributed by atoms with Crippen molar-refractivity contribution in [3.8, 4) is 0 Å². The van der Waals surface area contributed by atoms with Crippen LogP contribution in [0.1, 0.15) is 24.3 Å². The molecule has 94 valence electrons. The molecule has 2 rings (SSSR count). The van der Waals surface area contributed by atoms with E-state index in [1.54, 1.807) is 12.1 Å². The minimum atomic E-state index is -4.20. The van der Waals surface area contributed by atoms with Crippen molar-refractivity contribution in [1.29, 1.82) is 0 Å². The summed E-state index contributed by atoms with van der Waals surface area (Å²) in [6.45, 7) is 1.96. The van der Waals surface area contributed by atoms with E-state index in [1.807, 2.05) is 12.1 Å². The Bertz CT molecular complexity index is 355. The molecule has 1 heterocycles. The second-order valence-corrected chi connectivity index (χ2v) is 5.30. The molecule has 1 aromatic rings. The fourth-order valence-electron chi connectivity index (χ4n) is 2.08. The van der Waals surface area contributed by atoms with Crippen molar-refractivity contribution in [2.24, 2.45) is 0 Å². The lowest BCUT2D eigenvalue weighted by atomic mass is 9.92. The van der Waals surface area contributed by atoms with E-state index in [1.165, 1.54) is 0 Å². The van der Waals surface area contributed by atoms with E-state index in [4.69, 9.17) is 0 Å². The molecule has 0 aromatic heterocycles. The Labute approximate surface area is 103 Å². The SMILES string of the molecule is FC(F)(F)Sc1ccc(C2CCCNC2)cc1. The van der Waals surface area contributed by atoms with Crippen LogP contribution in [0.2, 0.25) is 0 Å². The molecule has 1 saturated heterocycles. The van der Waals surface area contributed by atoms with E-state index in [9.17, 15) is 13.2 Å². The molecule has 0 saturated carbocycles. The second-order valence-electron chi connectivity index (χ2n) is 4.16. The molecule has 1 fully saturated rings. The predicted octanol–water partition coefficient (Wildman–Crippen LogP) is 3.77. The van der Waals surface area contributed by atoms with E-state index in [0.29, 0.717) is 5.92 Å². The Balaban J connectivity index is 2.02. The normalized spacial score (nSPS) is 21.5. The number of nitrogens with one attached hydrogen (secondary N) is 1. The van der Waals surface area contributed by atoms with Crippen LogP contribution in [0.4, 0.5) is 13.2 Å². The molecule has 0 aliphatic carbocycles. The maximum atomic E-state index is 12.1. The molecule has 0 bridgehead atoms. The van der Waals surface area contributed by atoms with Gasteiger partial charge >= 0.3 is 5.51 Å². The highest BCUT2D eigenvalue weighted by Gasteiger charge is 2.29. The summed E-state index contributed by atoms with van der Waals surface area (Å²) < 4.78 is 36.4. The van der Waals surface area contributed by atoms with Crippen LogP contribution < -0.4 is 5.32 Å². The lowest BCUT2D eigenvalue weighted by Gasteiger charge is -2.23. The third kappa shape index (κ3) is 3.92. The average molecular weight is 261 g/mol. The van der Waals surface area contributed by atoms with E-state index >= 15 is 0 Å². The summed E-state index contributed by atoms with van der Waals surface area (Å²) in [4.78, 5) is 0.255. The van der Waals surface area contributed by atoms with E-state index in [-0.39, 0.29) is 16.7 Å². The number of rotatable bonds is 2. The number of piperidine rings is 1. The minimum Gasteiger partial charge on any atom is -0.316 e. The first-order valence-electron chi connectivity index (χ1n) is 5.61. The molecule has 1 unspecified atom stereocenters. The van der Waals surface area contributed by atoms with Crippen molar-refractivity contribution >= 4 is 11.8 Å². The summed E-state index contributed by atoms with van der Waals surface area (Å²) in [5.41, 5.74) is -3.07. The monoisotopic (exact) mass is 261 g/mol. The zero-order valence-corrected chi connectivity index (χ0v) is 10.1. The average Bonchev–Trinajstić information content (AvgIpc) is 2.29. The van der Waals surface area contributed by atoms with Crippen LogP contribution in [0.3, 0.4) is 0 Å². The quantitative estimate of drug-likeness (QED) is 0.813. The van der Waals surface area contributed by atoms with Crippen molar-refractivity contribution < 1.29 is 13.2 Å². The zero-order valence-electron chi connectivity index (χ0n) is 9.26. The summed E-state index contributed by atoms with van der Waals surface area (Å²) in [5, 5.41) is 3.30. The van der Waals surface area contributed by atoms with Gasteiger partial charge in [0.05, 0.1) is 0 Å². The number of hydrogen-bond donors (Lipinski definition) is 1. The largest absolute Gasteiger partial charge is 0.446 e. The first kappa shape index (κ1) is 12.8. The smallest absolute Gasteiger partial charge is 0.316 e. The maximum Gasteiger partial charge on any atom is 0.446 e. The van der Waals surface area contributed by atoms with Crippen LogP contribution in [-0.4, -0.2) is 18.6 Å². The molecule has 0 radical (unpaired) electrons. The summed E-state index contributed by atoms with van der Waals surface area (Å²) in [6, 6.07) is 6.74. The summed E-state index contributed by atoms with van der Waals surface area (Å²) in [6.07, 6.45) is 2.24. The van der Waals surface area contributed by atoms with Crippen LogP contribution >= 0.6 is 11.8 Å². The lowest BCUT2D eigenvalue weighted by molar-refractivity contribution is -0.0328. The summed E-state index contributed by atoms with van der Waals surface area (Å²) in [7, 11) is 0. The zero-order chi connectivity index (χ0) is 12.3. The van der Waals surface area contributed by atoms with Crippen molar-refractivity contribution in [2.75, 3.05) is 13.1 Å². The molecule has 1 aliphatic heterocycles. The fourth-order valence-corrected chi connectivity index (χ4v) is 2.62. The van der Waals surface area contributed by atoms with Gasteiger partial charge in [-0.05, 0) is 54.8 Å². The molecule has 1 aliphatic rings. The van der Waals surface area contributed by atoms with Gasteiger partial charge in [0.15, 0.2) is 0 Å². The van der Waals surface area contributed by atoms with Crippen LogP contribution in [0.25, 0.3) is 0 Å². The molecule has 1 nitrogen and oxygen atoms in total. The highest BCUT2D eigenvalue weighted by molar-refractivity contribution is 8.00. The molecule has 1 aromatic carbocycles. The molecule has 1 atom stereocenters. The van der Waals surface area contributed by atoms with Crippen molar-refractivity contribution in [3.05, 3.63) is 29.8 Å². The van der Waals surface area contributed by atoms with Gasteiger partial charge in [0, 0.05) is 11.4 Å². The van der Waals surface area contributed by atoms with Gasteiger partial charge < -0.3 is 5.32 Å². The number of hydrogen-bond acceptors (Lipinski definition) is 2. The number of halogens is 3. The highest BCUT2D eigenvalue weighted by atomic mass is 32.2. The van der Waals surface area contributed by atoms with E-state index < -0.39 is 5.51 Å². The Morgan fingerprint density at radius 2 is 1.88 bits per heavy atom. The maximum absolute atomic E-state index is 12.1. The van der Waals surface area contributed by atoms with Crippen LogP contribution in [-0.2, 0) is 0 Å². The Kier molecular flexibility index (Phi) is 3.99. The predicted molar refractivity (Wildman–Crippen MR) is 63.2 cm³/mol. The minimum absolute atomic E-state index is 0.0595. The van der Waals surface area contributed by atoms with Gasteiger partial charge in [-0.15, -0.1) is 0 Å². The molecule has 0 amide bonds. The summed E-state index contributed by atoms with van der Waals surface area (Å²) >= 11 is -0.0595. The van der Waals surface area contributed by atoms with Gasteiger partial charge in [0.1, 0.15) is 0 Å². The summed E-state index contributed by atoms with van der Waals surface area (Å²) in [5.74, 6) is 0.439. The van der Waals surface area contributed by atoms with Gasteiger partial charge in [-0.25, -0.2) is 0 Å². The van der Waals surface area contributed by atoms with Crippen LogP contribution in [0.15, 0.2) is 29.2 Å². The second kappa shape index (κ2) is 5.31. The van der Waals surface area contributed by atoms with Crippen LogP contribution in [0.5, 0.6) is 0 Å². The third-order valence-electron chi connectivity index (χ3n) is 2.88. The Morgan fingerprint density at radius 1 is 1.18 bits per heavy atom. The standard InChI is InChI=1S/C12H14F3NS/c13-12(14,15)17-11-5-3-9(4-6-11)10-2-1-7-16-8-10/h3-6,10,16H,1-2,7-8H2. The molecule has 17 heavy (non-hydrogen) atoms. The molecular formula is C12H14F3NS. The van der Waals surface area contributed by atoms with Crippen molar-refractivity contribution in [1.82, 2.24) is 5.32 Å². The topological polar surface area (TPSA) is 12.0 Å². The number of benzene rings is 1. The molecule has 0 spiro atoms. The number of thioether (sulfide) groups is 1. The molecule has 1 N–H and O–H groups in total. The van der Waals surface area contributed by atoms with Crippen LogP contribution in [0, 0.1) is 0 Å². The first-order valence-corrected chi connectivity index (χ1v) is 6.43. The Hall–Kier alpha value is -0.680. The first-order chi connectivity index (χ1) is 8.04. The number of alkyl halides is 3. The van der Waals surface area contributed by atoms with Gasteiger partial charge in [0.25, 0.3) is 0 Å².